The number of nitrogens with two attached hydrogens (primary N) is 1. The van der Waals surface area contributed by atoms with Crippen molar-refractivity contribution in [2.45, 2.75) is 31.8 Å². The quantitative estimate of drug-likeness (QED) is 0.785. The Morgan fingerprint density at radius 1 is 1.26 bits per heavy atom. The first kappa shape index (κ1) is 13.0. The van der Waals surface area contributed by atoms with Gasteiger partial charge in [-0.05, 0) is 13.5 Å². The third-order valence-corrected chi connectivity index (χ3v) is 4.19. The zero-order valence-electron chi connectivity index (χ0n) is 11.8. The molecule has 1 saturated heterocycles. The van der Waals surface area contributed by atoms with Crippen LogP contribution in [0.4, 0.5) is 0 Å². The second-order valence-electron chi connectivity index (χ2n) is 5.82. The van der Waals surface area contributed by atoms with E-state index in [1.54, 1.807) is 0 Å². The summed E-state index contributed by atoms with van der Waals surface area (Å²) in [5.74, 6) is 2.11. The summed E-state index contributed by atoms with van der Waals surface area (Å²) in [5, 5.41) is 4.59. The SMILES string of the molecule is CN1CCN(CCc2nc3n(n2)CC(N)CC3)CC1. The molecule has 1 aromatic rings. The Labute approximate surface area is 114 Å². The highest BCUT2D eigenvalue weighted by molar-refractivity contribution is 4.98. The molecular weight excluding hydrogens is 240 g/mol. The molecule has 3 rings (SSSR count). The minimum absolute atomic E-state index is 0.250. The number of aryl methyl sites for hydroxylation is 1. The van der Waals surface area contributed by atoms with E-state index in [-0.39, 0.29) is 6.04 Å². The Bertz CT molecular complexity index is 421. The van der Waals surface area contributed by atoms with Gasteiger partial charge >= 0.3 is 0 Å². The maximum Gasteiger partial charge on any atom is 0.152 e. The molecule has 2 aliphatic rings. The summed E-state index contributed by atoms with van der Waals surface area (Å²) in [7, 11) is 2.19. The number of likely N-dealkylation sites (N-methyl/N-ethyl adjacent to an activating group) is 1. The number of nitrogens with zero attached hydrogens (tertiary/aromatic N) is 5. The maximum absolute atomic E-state index is 5.96. The van der Waals surface area contributed by atoms with Crippen LogP contribution >= 0.6 is 0 Å². The van der Waals surface area contributed by atoms with E-state index in [4.69, 9.17) is 5.73 Å². The lowest BCUT2D eigenvalue weighted by Gasteiger charge is -2.31. The number of rotatable bonds is 3. The Hall–Kier alpha value is -0.980. The highest BCUT2D eigenvalue weighted by atomic mass is 15.4. The average molecular weight is 264 g/mol. The minimum atomic E-state index is 0.250. The van der Waals surface area contributed by atoms with Crippen LogP contribution < -0.4 is 5.73 Å². The summed E-state index contributed by atoms with van der Waals surface area (Å²) in [5.41, 5.74) is 5.96. The van der Waals surface area contributed by atoms with Crippen LogP contribution in [-0.4, -0.2) is 70.4 Å². The van der Waals surface area contributed by atoms with Crippen LogP contribution in [0.25, 0.3) is 0 Å². The highest BCUT2D eigenvalue weighted by Crippen LogP contribution is 2.12. The van der Waals surface area contributed by atoms with Crippen LogP contribution in [0, 0.1) is 0 Å². The monoisotopic (exact) mass is 264 g/mol. The van der Waals surface area contributed by atoms with E-state index in [0.717, 1.165) is 57.1 Å². The molecule has 0 saturated carbocycles. The van der Waals surface area contributed by atoms with E-state index in [1.807, 2.05) is 4.68 Å². The molecule has 3 heterocycles. The van der Waals surface area contributed by atoms with Crippen molar-refractivity contribution in [1.82, 2.24) is 24.6 Å². The van der Waals surface area contributed by atoms with Crippen molar-refractivity contribution in [3.8, 4) is 0 Å². The first-order valence-electron chi connectivity index (χ1n) is 7.30. The molecule has 0 amide bonds. The predicted molar refractivity (Wildman–Crippen MR) is 74.0 cm³/mol. The third-order valence-electron chi connectivity index (χ3n) is 4.19. The Morgan fingerprint density at radius 3 is 2.84 bits per heavy atom. The van der Waals surface area contributed by atoms with Crippen molar-refractivity contribution in [2.24, 2.45) is 5.73 Å². The van der Waals surface area contributed by atoms with E-state index in [9.17, 15) is 0 Å². The Kier molecular flexibility index (Phi) is 3.81. The van der Waals surface area contributed by atoms with E-state index >= 15 is 0 Å². The van der Waals surface area contributed by atoms with Gasteiger partial charge in [0.15, 0.2) is 5.82 Å². The molecule has 1 aromatic heterocycles. The fourth-order valence-electron chi connectivity index (χ4n) is 2.82. The largest absolute Gasteiger partial charge is 0.326 e. The van der Waals surface area contributed by atoms with Gasteiger partial charge in [-0.1, -0.05) is 0 Å². The first-order valence-corrected chi connectivity index (χ1v) is 7.30. The fraction of sp³-hybridized carbons (Fsp3) is 0.846. The van der Waals surface area contributed by atoms with E-state index in [1.165, 1.54) is 13.1 Å². The molecule has 1 unspecified atom stereocenters. The van der Waals surface area contributed by atoms with Crippen LogP contribution in [0.1, 0.15) is 18.1 Å². The molecule has 6 heteroatoms. The van der Waals surface area contributed by atoms with Crippen molar-refractivity contribution in [3.05, 3.63) is 11.6 Å². The normalized spacial score (nSPS) is 25.5. The lowest BCUT2D eigenvalue weighted by atomic mass is 10.1. The molecule has 0 spiro atoms. The number of hydrogen-bond acceptors (Lipinski definition) is 5. The summed E-state index contributed by atoms with van der Waals surface area (Å²) >= 11 is 0. The number of aromatic nitrogens is 3. The highest BCUT2D eigenvalue weighted by Gasteiger charge is 2.19. The van der Waals surface area contributed by atoms with Gasteiger partial charge in [0.1, 0.15) is 5.82 Å². The van der Waals surface area contributed by atoms with Crippen molar-refractivity contribution in [3.63, 3.8) is 0 Å². The summed E-state index contributed by atoms with van der Waals surface area (Å²) in [4.78, 5) is 9.53. The zero-order chi connectivity index (χ0) is 13.2. The van der Waals surface area contributed by atoms with Gasteiger partial charge < -0.3 is 15.5 Å². The topological polar surface area (TPSA) is 63.2 Å². The summed E-state index contributed by atoms with van der Waals surface area (Å²) in [6, 6.07) is 0.250. The van der Waals surface area contributed by atoms with Crippen LogP contribution in [0.15, 0.2) is 0 Å². The first-order chi connectivity index (χ1) is 9.20. The molecule has 2 N–H and O–H groups in total. The molecule has 6 nitrogen and oxygen atoms in total. The standard InChI is InChI=1S/C13H24N6/c1-17-6-8-18(9-7-17)5-4-12-15-13-3-2-11(14)10-19(13)16-12/h11H,2-10,14H2,1H3. The van der Waals surface area contributed by atoms with Crippen LogP contribution in [-0.2, 0) is 19.4 Å². The van der Waals surface area contributed by atoms with E-state index < -0.39 is 0 Å². The molecule has 106 valence electrons. The molecule has 0 aliphatic carbocycles. The summed E-state index contributed by atoms with van der Waals surface area (Å²) in [6.07, 6.45) is 2.97. The molecule has 0 radical (unpaired) electrons. The van der Waals surface area contributed by atoms with E-state index in [2.05, 4.69) is 26.9 Å². The maximum atomic E-state index is 5.96. The van der Waals surface area contributed by atoms with Gasteiger partial charge in [-0.15, -0.1) is 0 Å². The average Bonchev–Trinajstić information content (AvgIpc) is 2.80. The smallest absolute Gasteiger partial charge is 0.152 e. The van der Waals surface area contributed by atoms with Gasteiger partial charge in [-0.3, -0.25) is 0 Å². The zero-order valence-corrected chi connectivity index (χ0v) is 11.8. The summed E-state index contributed by atoms with van der Waals surface area (Å²) < 4.78 is 2.01. The molecule has 2 aliphatic heterocycles. The van der Waals surface area contributed by atoms with Gasteiger partial charge in [0.25, 0.3) is 0 Å². The van der Waals surface area contributed by atoms with Gasteiger partial charge in [-0.25, -0.2) is 9.67 Å². The van der Waals surface area contributed by atoms with Crippen molar-refractivity contribution >= 4 is 0 Å². The predicted octanol–water partition coefficient (Wildman–Crippen LogP) is -0.658. The third kappa shape index (κ3) is 3.13. The van der Waals surface area contributed by atoms with Crippen molar-refractivity contribution in [1.29, 1.82) is 0 Å². The summed E-state index contributed by atoms with van der Waals surface area (Å²) in [6.45, 7) is 6.56. The molecule has 1 atom stereocenters. The Morgan fingerprint density at radius 2 is 2.05 bits per heavy atom. The van der Waals surface area contributed by atoms with Crippen LogP contribution in [0.2, 0.25) is 0 Å². The number of piperazine rings is 1. The van der Waals surface area contributed by atoms with Gasteiger partial charge in [0, 0.05) is 51.6 Å². The lowest BCUT2D eigenvalue weighted by Crippen LogP contribution is -2.45. The van der Waals surface area contributed by atoms with Gasteiger partial charge in [0.05, 0.1) is 6.54 Å². The van der Waals surface area contributed by atoms with Crippen molar-refractivity contribution in [2.75, 3.05) is 39.8 Å². The van der Waals surface area contributed by atoms with Gasteiger partial charge in [0.2, 0.25) is 0 Å². The van der Waals surface area contributed by atoms with Gasteiger partial charge in [-0.2, -0.15) is 5.10 Å². The lowest BCUT2D eigenvalue weighted by molar-refractivity contribution is 0.155. The molecule has 19 heavy (non-hydrogen) atoms. The molecule has 0 bridgehead atoms. The van der Waals surface area contributed by atoms with Crippen LogP contribution in [0.5, 0.6) is 0 Å². The minimum Gasteiger partial charge on any atom is -0.326 e. The second kappa shape index (κ2) is 5.56. The molecule has 0 aromatic carbocycles. The van der Waals surface area contributed by atoms with E-state index in [0.29, 0.717) is 0 Å². The number of fused-ring (bicyclic) bond motifs is 1. The Balaban J connectivity index is 1.53. The van der Waals surface area contributed by atoms with Crippen molar-refractivity contribution < 1.29 is 0 Å². The molecule has 1 fully saturated rings. The number of hydrogen-bond donors (Lipinski definition) is 1. The fourth-order valence-corrected chi connectivity index (χ4v) is 2.82. The van der Waals surface area contributed by atoms with Crippen LogP contribution in [0.3, 0.4) is 0 Å². The molecular formula is C13H24N6. The second-order valence-corrected chi connectivity index (χ2v) is 5.82.